The van der Waals surface area contributed by atoms with Gasteiger partial charge in [-0.25, -0.2) is 4.39 Å². The van der Waals surface area contributed by atoms with Crippen LogP contribution in [0.15, 0.2) is 24.4 Å². The lowest BCUT2D eigenvalue weighted by molar-refractivity contribution is -0.125. The number of fused-ring (bicyclic) bond motifs is 1. The van der Waals surface area contributed by atoms with Gasteiger partial charge < -0.3 is 15.2 Å². The molecule has 116 valence electrons. The van der Waals surface area contributed by atoms with Gasteiger partial charge in [0.25, 0.3) is 5.91 Å². The molecule has 1 saturated heterocycles. The first kappa shape index (κ1) is 14.6. The molecule has 0 radical (unpaired) electrons. The highest BCUT2D eigenvalue weighted by Gasteiger charge is 2.29. The Morgan fingerprint density at radius 2 is 2.23 bits per heavy atom. The fourth-order valence-corrected chi connectivity index (χ4v) is 3.03. The molecule has 1 aliphatic rings. The Balaban J connectivity index is 1.84. The van der Waals surface area contributed by atoms with Crippen LogP contribution in [0.5, 0.6) is 0 Å². The monoisotopic (exact) mass is 303 g/mol. The number of halogens is 1. The van der Waals surface area contributed by atoms with E-state index in [0.29, 0.717) is 29.6 Å². The second-order valence-corrected chi connectivity index (χ2v) is 5.60. The van der Waals surface area contributed by atoms with Crippen LogP contribution in [0.3, 0.4) is 0 Å². The van der Waals surface area contributed by atoms with Crippen molar-refractivity contribution in [2.24, 2.45) is 5.92 Å². The standard InChI is InChI=1S/C16H18FN3O2/c1-18-15(21)10-3-2-6-20(9-10)16(22)13-8-19-14-7-11(17)4-5-12(13)14/h4-5,7-8,10,19H,2-3,6,9H2,1H3,(H,18,21)/t10-/m1/s1. The SMILES string of the molecule is CNC(=O)[C@@H]1CCCN(C(=O)c2c[nH]c3cc(F)ccc23)C1. The third-order valence-electron chi connectivity index (χ3n) is 4.20. The van der Waals surface area contributed by atoms with Crippen LogP contribution < -0.4 is 5.32 Å². The quantitative estimate of drug-likeness (QED) is 0.890. The molecule has 22 heavy (non-hydrogen) atoms. The number of likely N-dealkylation sites (tertiary alicyclic amines) is 1. The topological polar surface area (TPSA) is 65.2 Å². The summed E-state index contributed by atoms with van der Waals surface area (Å²) >= 11 is 0. The van der Waals surface area contributed by atoms with Crippen molar-refractivity contribution in [3.63, 3.8) is 0 Å². The molecule has 2 N–H and O–H groups in total. The number of aromatic nitrogens is 1. The van der Waals surface area contributed by atoms with Crippen LogP contribution in [0.25, 0.3) is 10.9 Å². The number of carbonyl (C=O) groups excluding carboxylic acids is 2. The van der Waals surface area contributed by atoms with Crippen LogP contribution in [0.1, 0.15) is 23.2 Å². The zero-order chi connectivity index (χ0) is 15.7. The molecule has 3 rings (SSSR count). The molecular formula is C16H18FN3O2. The molecule has 5 nitrogen and oxygen atoms in total. The minimum absolute atomic E-state index is 0.0292. The number of nitrogens with one attached hydrogen (secondary N) is 2. The van der Waals surface area contributed by atoms with Gasteiger partial charge >= 0.3 is 0 Å². The highest BCUT2D eigenvalue weighted by atomic mass is 19.1. The predicted octanol–water partition coefficient (Wildman–Crippen LogP) is 1.91. The van der Waals surface area contributed by atoms with Crippen LogP contribution in [0.2, 0.25) is 0 Å². The molecule has 0 unspecified atom stereocenters. The molecule has 0 bridgehead atoms. The summed E-state index contributed by atoms with van der Waals surface area (Å²) in [6, 6.07) is 4.32. The molecule has 1 atom stereocenters. The number of nitrogens with zero attached hydrogens (tertiary/aromatic N) is 1. The second kappa shape index (κ2) is 5.79. The van der Waals surface area contributed by atoms with Crippen molar-refractivity contribution in [1.29, 1.82) is 0 Å². The summed E-state index contributed by atoms with van der Waals surface area (Å²) < 4.78 is 13.2. The van der Waals surface area contributed by atoms with Crippen molar-refractivity contribution in [2.45, 2.75) is 12.8 Å². The van der Waals surface area contributed by atoms with Crippen molar-refractivity contribution >= 4 is 22.7 Å². The maximum Gasteiger partial charge on any atom is 0.256 e. The van der Waals surface area contributed by atoms with Crippen LogP contribution in [-0.4, -0.2) is 41.8 Å². The summed E-state index contributed by atoms with van der Waals surface area (Å²) in [5.41, 5.74) is 1.12. The summed E-state index contributed by atoms with van der Waals surface area (Å²) in [5.74, 6) is -0.652. The van der Waals surface area contributed by atoms with Crippen molar-refractivity contribution in [2.75, 3.05) is 20.1 Å². The first-order chi connectivity index (χ1) is 10.6. The van der Waals surface area contributed by atoms with E-state index in [1.165, 1.54) is 12.1 Å². The zero-order valence-corrected chi connectivity index (χ0v) is 12.4. The Morgan fingerprint density at radius 3 is 3.00 bits per heavy atom. The summed E-state index contributed by atoms with van der Waals surface area (Å²) in [6.07, 6.45) is 3.21. The van der Waals surface area contributed by atoms with Crippen LogP contribution in [0.4, 0.5) is 4.39 Å². The fraction of sp³-hybridized carbons (Fsp3) is 0.375. The minimum atomic E-state index is -0.342. The van der Waals surface area contributed by atoms with E-state index in [9.17, 15) is 14.0 Å². The number of rotatable bonds is 2. The van der Waals surface area contributed by atoms with Gasteiger partial charge in [0, 0.05) is 37.2 Å². The van der Waals surface area contributed by atoms with Gasteiger partial charge in [0.1, 0.15) is 5.82 Å². The Kier molecular flexibility index (Phi) is 3.83. The van der Waals surface area contributed by atoms with Crippen LogP contribution in [-0.2, 0) is 4.79 Å². The lowest BCUT2D eigenvalue weighted by Crippen LogP contribution is -2.44. The summed E-state index contributed by atoms with van der Waals surface area (Å²) in [5, 5.41) is 3.34. The lowest BCUT2D eigenvalue weighted by Gasteiger charge is -2.31. The van der Waals surface area contributed by atoms with Gasteiger partial charge in [-0.05, 0) is 31.0 Å². The third kappa shape index (κ3) is 2.56. The molecule has 0 saturated carbocycles. The molecule has 0 spiro atoms. The lowest BCUT2D eigenvalue weighted by atomic mass is 9.96. The highest BCUT2D eigenvalue weighted by Crippen LogP contribution is 2.24. The predicted molar refractivity (Wildman–Crippen MR) is 81.0 cm³/mol. The smallest absolute Gasteiger partial charge is 0.256 e. The maximum atomic E-state index is 13.2. The van der Waals surface area contributed by atoms with E-state index < -0.39 is 0 Å². The van der Waals surface area contributed by atoms with Gasteiger partial charge in [0.05, 0.1) is 11.5 Å². The van der Waals surface area contributed by atoms with E-state index in [0.717, 1.165) is 12.8 Å². The first-order valence-electron chi connectivity index (χ1n) is 7.37. The molecule has 1 aliphatic heterocycles. The average molecular weight is 303 g/mol. The van der Waals surface area contributed by atoms with E-state index in [1.807, 2.05) is 0 Å². The number of benzene rings is 1. The largest absolute Gasteiger partial charge is 0.360 e. The Morgan fingerprint density at radius 1 is 1.41 bits per heavy atom. The van der Waals surface area contributed by atoms with Gasteiger partial charge in [0.15, 0.2) is 0 Å². The Hall–Kier alpha value is -2.37. The van der Waals surface area contributed by atoms with Crippen LogP contribution in [0, 0.1) is 11.7 Å². The number of piperidine rings is 1. The van der Waals surface area contributed by atoms with Crippen molar-refractivity contribution in [3.8, 4) is 0 Å². The average Bonchev–Trinajstić information content (AvgIpc) is 2.96. The number of carbonyl (C=O) groups is 2. The van der Waals surface area contributed by atoms with E-state index >= 15 is 0 Å². The molecule has 6 heteroatoms. The summed E-state index contributed by atoms with van der Waals surface area (Å²) in [6.45, 7) is 1.06. The number of H-pyrrole nitrogens is 1. The third-order valence-corrected chi connectivity index (χ3v) is 4.20. The second-order valence-electron chi connectivity index (χ2n) is 5.60. The van der Waals surface area contributed by atoms with Gasteiger partial charge in [-0.1, -0.05) is 0 Å². The molecule has 1 aromatic heterocycles. The fourth-order valence-electron chi connectivity index (χ4n) is 3.03. The van der Waals surface area contributed by atoms with Gasteiger partial charge in [-0.15, -0.1) is 0 Å². The first-order valence-corrected chi connectivity index (χ1v) is 7.37. The molecule has 2 aromatic rings. The number of hydrogen-bond acceptors (Lipinski definition) is 2. The number of hydrogen-bond donors (Lipinski definition) is 2. The molecule has 2 amide bonds. The molecule has 2 heterocycles. The van der Waals surface area contributed by atoms with Crippen molar-refractivity contribution in [1.82, 2.24) is 15.2 Å². The number of aromatic amines is 1. The maximum absolute atomic E-state index is 13.2. The molecular weight excluding hydrogens is 285 g/mol. The highest BCUT2D eigenvalue weighted by molar-refractivity contribution is 6.06. The Labute approximate surface area is 127 Å². The summed E-state index contributed by atoms with van der Waals surface area (Å²) in [4.78, 5) is 29.1. The molecule has 1 fully saturated rings. The van der Waals surface area contributed by atoms with Gasteiger partial charge in [0.2, 0.25) is 5.91 Å². The van der Waals surface area contributed by atoms with Gasteiger partial charge in [-0.2, -0.15) is 0 Å². The van der Waals surface area contributed by atoms with E-state index in [4.69, 9.17) is 0 Å². The van der Waals surface area contributed by atoms with Crippen LogP contribution >= 0.6 is 0 Å². The number of amides is 2. The van der Waals surface area contributed by atoms with E-state index in [2.05, 4.69) is 10.3 Å². The van der Waals surface area contributed by atoms with E-state index in [1.54, 1.807) is 24.2 Å². The minimum Gasteiger partial charge on any atom is -0.360 e. The molecule has 1 aromatic carbocycles. The zero-order valence-electron chi connectivity index (χ0n) is 12.4. The van der Waals surface area contributed by atoms with E-state index in [-0.39, 0.29) is 23.5 Å². The van der Waals surface area contributed by atoms with Crippen molar-refractivity contribution in [3.05, 3.63) is 35.8 Å². The Bertz CT molecular complexity index is 725. The molecule has 0 aliphatic carbocycles. The van der Waals surface area contributed by atoms with Crippen molar-refractivity contribution < 1.29 is 14.0 Å². The summed E-state index contributed by atoms with van der Waals surface area (Å²) in [7, 11) is 1.61. The van der Waals surface area contributed by atoms with Gasteiger partial charge in [-0.3, -0.25) is 9.59 Å². The normalized spacial score (nSPS) is 18.5.